The highest BCUT2D eigenvalue weighted by Gasteiger charge is 1.96. The highest BCUT2D eigenvalue weighted by molar-refractivity contribution is 4.81. The molecule has 1 nitrogen and oxygen atoms in total. The van der Waals surface area contributed by atoms with Gasteiger partial charge in [-0.25, -0.2) is 0 Å². The first kappa shape index (κ1) is 36.4. The molecule has 0 radical (unpaired) electrons. The smallest absolute Gasteiger partial charge is 0.00773 e. The Morgan fingerprint density at radius 2 is 0.514 bits per heavy atom. The average Bonchev–Trinajstić information content (AvgIpc) is 2.91. The van der Waals surface area contributed by atoms with Crippen molar-refractivity contribution in [3.63, 3.8) is 0 Å². The molecular weight excluding hydrogens is 446 g/mol. The van der Waals surface area contributed by atoms with E-state index in [2.05, 4.69) is 24.8 Å². The molecule has 37 heavy (non-hydrogen) atoms. The zero-order chi connectivity index (χ0) is 26.7. The van der Waals surface area contributed by atoms with Crippen molar-refractivity contribution in [3.05, 3.63) is 24.8 Å². The summed E-state index contributed by atoms with van der Waals surface area (Å²) in [5.74, 6) is 0. The minimum atomic E-state index is 0.862. The zero-order valence-electron chi connectivity index (χ0n) is 25.6. The SMILES string of the molecule is C=CCCCCCCCCCCCCCCCCCCCCCCCC/C=C\CCCCCCCCN. The number of allylic oxidation sites excluding steroid dienone is 3. The summed E-state index contributed by atoms with van der Waals surface area (Å²) in [6, 6.07) is 0. The Morgan fingerprint density at radius 1 is 0.297 bits per heavy atom. The molecular formula is C36H71N. The molecule has 0 amide bonds. The highest BCUT2D eigenvalue weighted by atomic mass is 14.5. The quantitative estimate of drug-likeness (QED) is 0.0679. The van der Waals surface area contributed by atoms with E-state index < -0.39 is 0 Å². The van der Waals surface area contributed by atoms with Crippen molar-refractivity contribution in [2.24, 2.45) is 5.73 Å². The molecule has 0 aromatic rings. The molecule has 0 spiro atoms. The third-order valence-electron chi connectivity index (χ3n) is 8.02. The number of hydrogen-bond donors (Lipinski definition) is 1. The van der Waals surface area contributed by atoms with E-state index in [-0.39, 0.29) is 0 Å². The van der Waals surface area contributed by atoms with Gasteiger partial charge in [-0.05, 0) is 51.5 Å². The summed E-state index contributed by atoms with van der Waals surface area (Å²) in [6.07, 6.45) is 50.8. The Hall–Kier alpha value is -0.560. The van der Waals surface area contributed by atoms with E-state index in [4.69, 9.17) is 5.73 Å². The maximum atomic E-state index is 5.54. The second-order valence-corrected chi connectivity index (χ2v) is 11.8. The average molecular weight is 518 g/mol. The molecule has 220 valence electrons. The first-order chi connectivity index (χ1) is 18.4. The van der Waals surface area contributed by atoms with Crippen LogP contribution in [0.25, 0.3) is 0 Å². The monoisotopic (exact) mass is 518 g/mol. The lowest BCUT2D eigenvalue weighted by atomic mass is 10.0. The largest absolute Gasteiger partial charge is 0.330 e. The molecule has 0 rings (SSSR count). The van der Waals surface area contributed by atoms with Crippen LogP contribution >= 0.6 is 0 Å². The van der Waals surface area contributed by atoms with Gasteiger partial charge in [0, 0.05) is 0 Å². The summed E-state index contributed by atoms with van der Waals surface area (Å²) in [5.41, 5.74) is 5.54. The predicted molar refractivity (Wildman–Crippen MR) is 172 cm³/mol. The maximum absolute atomic E-state index is 5.54. The Bertz CT molecular complexity index is 426. The molecule has 2 N–H and O–H groups in total. The van der Waals surface area contributed by atoms with Gasteiger partial charge in [0.25, 0.3) is 0 Å². The molecule has 0 unspecified atom stereocenters. The normalized spacial score (nSPS) is 11.6. The summed E-state index contributed by atoms with van der Waals surface area (Å²) in [7, 11) is 0. The topological polar surface area (TPSA) is 26.0 Å². The van der Waals surface area contributed by atoms with E-state index in [1.165, 1.54) is 199 Å². The van der Waals surface area contributed by atoms with Crippen LogP contribution in [0.5, 0.6) is 0 Å². The lowest BCUT2D eigenvalue weighted by Crippen LogP contribution is -1.97. The van der Waals surface area contributed by atoms with Gasteiger partial charge in [-0.2, -0.15) is 0 Å². The van der Waals surface area contributed by atoms with Crippen molar-refractivity contribution < 1.29 is 0 Å². The number of nitrogens with two attached hydrogens (primary N) is 1. The third kappa shape index (κ3) is 35.4. The van der Waals surface area contributed by atoms with Gasteiger partial charge in [0.1, 0.15) is 0 Å². The fraction of sp³-hybridized carbons (Fsp3) is 0.889. The minimum Gasteiger partial charge on any atom is -0.330 e. The second kappa shape index (κ2) is 35.4. The van der Waals surface area contributed by atoms with Crippen LogP contribution in [0.15, 0.2) is 24.8 Å². The van der Waals surface area contributed by atoms with E-state index in [1.807, 2.05) is 0 Å². The lowest BCUT2D eigenvalue weighted by molar-refractivity contribution is 0.518. The Labute approximate surface area is 235 Å². The molecule has 0 aliphatic heterocycles. The van der Waals surface area contributed by atoms with Crippen LogP contribution in [0.3, 0.4) is 0 Å². The summed E-state index contributed by atoms with van der Waals surface area (Å²) in [5, 5.41) is 0. The van der Waals surface area contributed by atoms with Crippen molar-refractivity contribution in [2.45, 2.75) is 199 Å². The third-order valence-corrected chi connectivity index (χ3v) is 8.02. The van der Waals surface area contributed by atoms with Gasteiger partial charge in [0.05, 0.1) is 0 Å². The Balaban J connectivity index is 3.06. The first-order valence-electron chi connectivity index (χ1n) is 17.4. The predicted octanol–water partition coefficient (Wildman–Crippen LogP) is 12.8. The van der Waals surface area contributed by atoms with Crippen molar-refractivity contribution in [1.29, 1.82) is 0 Å². The van der Waals surface area contributed by atoms with Gasteiger partial charge in [-0.15, -0.1) is 6.58 Å². The molecule has 0 saturated heterocycles. The van der Waals surface area contributed by atoms with E-state index >= 15 is 0 Å². The fourth-order valence-electron chi connectivity index (χ4n) is 5.44. The molecule has 1 heteroatoms. The van der Waals surface area contributed by atoms with Crippen LogP contribution in [0, 0.1) is 0 Å². The standard InChI is InChI=1S/C36H71N/c1-2-3-4-5-6-7-8-9-10-11-12-13-14-15-16-17-18-19-20-21-22-23-24-25-26-27-28-29-30-31-32-33-34-35-36-37/h2,27-28H,1,3-26,29-37H2/b28-27-. The summed E-state index contributed by atoms with van der Waals surface area (Å²) < 4.78 is 0. The van der Waals surface area contributed by atoms with Crippen LogP contribution in [0.2, 0.25) is 0 Å². The zero-order valence-corrected chi connectivity index (χ0v) is 25.6. The van der Waals surface area contributed by atoms with Crippen molar-refractivity contribution in [3.8, 4) is 0 Å². The molecule has 0 aliphatic rings. The minimum absolute atomic E-state index is 0.862. The highest BCUT2D eigenvalue weighted by Crippen LogP contribution is 2.16. The molecule has 0 aromatic carbocycles. The molecule has 0 heterocycles. The van der Waals surface area contributed by atoms with Crippen LogP contribution in [-0.2, 0) is 0 Å². The maximum Gasteiger partial charge on any atom is -0.00773 e. The van der Waals surface area contributed by atoms with Gasteiger partial charge >= 0.3 is 0 Å². The van der Waals surface area contributed by atoms with Crippen LogP contribution < -0.4 is 5.73 Å². The van der Waals surface area contributed by atoms with Crippen LogP contribution in [0.1, 0.15) is 199 Å². The van der Waals surface area contributed by atoms with Crippen LogP contribution in [-0.4, -0.2) is 6.54 Å². The molecule has 0 aromatic heterocycles. The van der Waals surface area contributed by atoms with E-state index in [0.717, 1.165) is 6.54 Å². The van der Waals surface area contributed by atoms with Crippen molar-refractivity contribution in [2.75, 3.05) is 6.54 Å². The molecule has 0 aliphatic carbocycles. The summed E-state index contributed by atoms with van der Waals surface area (Å²) in [6.45, 7) is 4.66. The van der Waals surface area contributed by atoms with E-state index in [1.54, 1.807) is 0 Å². The first-order valence-corrected chi connectivity index (χ1v) is 17.4. The molecule has 0 saturated carbocycles. The molecule has 0 bridgehead atoms. The van der Waals surface area contributed by atoms with E-state index in [9.17, 15) is 0 Å². The van der Waals surface area contributed by atoms with Crippen LogP contribution in [0.4, 0.5) is 0 Å². The van der Waals surface area contributed by atoms with Gasteiger partial charge in [0.15, 0.2) is 0 Å². The Kier molecular flexibility index (Phi) is 34.9. The fourth-order valence-corrected chi connectivity index (χ4v) is 5.44. The summed E-state index contributed by atoms with van der Waals surface area (Å²) >= 11 is 0. The van der Waals surface area contributed by atoms with Gasteiger partial charge in [0.2, 0.25) is 0 Å². The van der Waals surface area contributed by atoms with Gasteiger partial charge in [-0.1, -0.05) is 172 Å². The van der Waals surface area contributed by atoms with Crippen molar-refractivity contribution in [1.82, 2.24) is 0 Å². The van der Waals surface area contributed by atoms with E-state index in [0.29, 0.717) is 0 Å². The molecule has 0 fully saturated rings. The summed E-state index contributed by atoms with van der Waals surface area (Å²) in [4.78, 5) is 0. The lowest BCUT2D eigenvalue weighted by Gasteiger charge is -2.04. The van der Waals surface area contributed by atoms with Gasteiger partial charge in [-0.3, -0.25) is 0 Å². The second-order valence-electron chi connectivity index (χ2n) is 11.8. The molecule has 0 atom stereocenters. The Morgan fingerprint density at radius 3 is 0.757 bits per heavy atom. The number of hydrogen-bond acceptors (Lipinski definition) is 1. The van der Waals surface area contributed by atoms with Crippen molar-refractivity contribution >= 4 is 0 Å². The number of rotatable bonds is 33. The van der Waals surface area contributed by atoms with Gasteiger partial charge < -0.3 is 5.73 Å². The number of unbranched alkanes of at least 4 members (excludes halogenated alkanes) is 29.